The van der Waals surface area contributed by atoms with Gasteiger partial charge in [0, 0.05) is 0 Å². The summed E-state index contributed by atoms with van der Waals surface area (Å²) in [6.07, 6.45) is 0.769. The quantitative estimate of drug-likeness (QED) is 0.185. The third-order valence-electron chi connectivity index (χ3n) is 0.355. The highest BCUT2D eigenvalue weighted by Gasteiger charge is 1.70. The van der Waals surface area contributed by atoms with Gasteiger partial charge in [-0.15, -0.1) is 0 Å². The standard InChI is InChI=1S/C4H4O4.2H4N2/c5-3(6)1-2-4(7)8;2*1-2/h1-2H,(H,5,6)(H,7,8);2*1-2H2. The van der Waals surface area contributed by atoms with Gasteiger partial charge in [-0.05, 0) is 12.2 Å². The Balaban J connectivity index is -0.000000175. The van der Waals surface area contributed by atoms with Gasteiger partial charge in [-0.3, -0.25) is 11.7 Å². The van der Waals surface area contributed by atoms with Crippen molar-refractivity contribution in [2.24, 2.45) is 11.7 Å². The molecule has 0 aliphatic carbocycles. The molecule has 10 N–H and O–H groups in total. The zero-order chi connectivity index (χ0) is 10.6. The molecule has 0 spiro atoms. The molecule has 0 aromatic heterocycles. The van der Waals surface area contributed by atoms with Crippen LogP contribution in [-0.4, -0.2) is 11.9 Å². The van der Waals surface area contributed by atoms with Crippen LogP contribution in [0.4, 0.5) is 0 Å². The summed E-state index contributed by atoms with van der Waals surface area (Å²) >= 11 is 0. The first kappa shape index (κ1) is 16.9. The summed E-state index contributed by atoms with van der Waals surface area (Å²) in [5.74, 6) is 10.9. The van der Waals surface area contributed by atoms with E-state index in [4.69, 9.17) is 0 Å². The summed E-state index contributed by atoms with van der Waals surface area (Å²) in [5.41, 5.74) is 0. The summed E-state index contributed by atoms with van der Waals surface area (Å²) < 4.78 is 0. The molecule has 0 rings (SSSR count). The van der Waals surface area contributed by atoms with Gasteiger partial charge >= 0.3 is 0 Å². The average molecular weight is 180 g/mol. The summed E-state index contributed by atoms with van der Waals surface area (Å²) in [5, 5.41) is 18.8. The molecule has 0 bridgehead atoms. The number of carboxylic acid groups (broad SMARTS) is 2. The molecule has 0 saturated carbocycles. The molecule has 0 aliphatic heterocycles. The van der Waals surface area contributed by atoms with E-state index in [2.05, 4.69) is 23.4 Å². The first-order chi connectivity index (χ1) is 5.63. The van der Waals surface area contributed by atoms with E-state index >= 15 is 0 Å². The Morgan fingerprint density at radius 3 is 1.17 bits per heavy atom. The van der Waals surface area contributed by atoms with Crippen LogP contribution in [0, 0.1) is 0 Å². The fourth-order valence-corrected chi connectivity index (χ4v) is 0.136. The second kappa shape index (κ2) is 16.3. The molecule has 0 unspecified atom stereocenters. The number of quaternary nitrogens is 2. The fraction of sp³-hybridized carbons (Fsp3) is 0. The number of hydrogen-bond acceptors (Lipinski definition) is 6. The molecular weight excluding hydrogens is 168 g/mol. The third kappa shape index (κ3) is 38.9. The van der Waals surface area contributed by atoms with Crippen LogP contribution in [0.1, 0.15) is 0 Å². The molecule has 12 heavy (non-hydrogen) atoms. The maximum atomic E-state index is 9.41. The topological polar surface area (TPSA) is 188 Å². The first-order valence-electron chi connectivity index (χ1n) is 2.54. The van der Waals surface area contributed by atoms with Gasteiger partial charge in [0.15, 0.2) is 0 Å². The monoisotopic (exact) mass is 180 g/mol. The number of carboxylic acids is 2. The molecule has 0 atom stereocenters. The largest absolute Gasteiger partial charge is 0.545 e. The van der Waals surface area contributed by atoms with Crippen LogP contribution in [-0.2, 0) is 9.59 Å². The number of carbonyl (C=O) groups is 2. The highest BCUT2D eigenvalue weighted by atomic mass is 16.4. The zero-order valence-corrected chi connectivity index (χ0v) is 6.36. The van der Waals surface area contributed by atoms with Gasteiger partial charge in [0.2, 0.25) is 0 Å². The minimum Gasteiger partial charge on any atom is -0.545 e. The van der Waals surface area contributed by atoms with Crippen LogP contribution in [0.3, 0.4) is 0 Å². The normalized spacial score (nSPS) is 7.33. The minimum absolute atomic E-state index is 0.384. The van der Waals surface area contributed by atoms with Crippen LogP contribution in [0.25, 0.3) is 0 Å². The molecule has 0 fully saturated rings. The van der Waals surface area contributed by atoms with Gasteiger partial charge in [-0.1, -0.05) is 0 Å². The van der Waals surface area contributed by atoms with Crippen LogP contribution < -0.4 is 33.6 Å². The second-order valence-electron chi connectivity index (χ2n) is 0.971. The van der Waals surface area contributed by atoms with Gasteiger partial charge < -0.3 is 19.8 Å². The lowest BCUT2D eigenvalue weighted by atomic mass is 10.5. The van der Waals surface area contributed by atoms with E-state index in [1.165, 1.54) is 0 Å². The summed E-state index contributed by atoms with van der Waals surface area (Å²) in [7, 11) is 0. The van der Waals surface area contributed by atoms with Crippen LogP contribution in [0.2, 0.25) is 0 Å². The summed E-state index contributed by atoms with van der Waals surface area (Å²) in [6, 6.07) is 0. The SMILES string of the molecule is N[NH3+].N[NH3+].O=C([O-])C=CC(=O)[O-]. The lowest BCUT2D eigenvalue weighted by molar-refractivity contribution is -0.379. The zero-order valence-electron chi connectivity index (χ0n) is 6.36. The number of nitrogens with two attached hydrogens (primary N) is 2. The molecule has 72 valence electrons. The Morgan fingerprint density at radius 1 is 0.917 bits per heavy atom. The Kier molecular flexibility index (Phi) is 22.8. The molecule has 0 saturated heterocycles. The molecule has 0 aliphatic rings. The number of hydrogen-bond donors (Lipinski definition) is 4. The summed E-state index contributed by atoms with van der Waals surface area (Å²) in [4.78, 5) is 18.8. The minimum atomic E-state index is -1.55. The fourth-order valence-electron chi connectivity index (χ4n) is 0.136. The van der Waals surface area contributed by atoms with E-state index in [1.54, 1.807) is 0 Å². The van der Waals surface area contributed by atoms with Gasteiger partial charge in [-0.2, -0.15) is 11.7 Å². The van der Waals surface area contributed by atoms with Gasteiger partial charge in [-0.25, -0.2) is 0 Å². The Morgan fingerprint density at radius 2 is 1.08 bits per heavy atom. The first-order valence-corrected chi connectivity index (χ1v) is 2.54. The molecule has 0 aromatic rings. The smallest absolute Gasteiger partial charge is 0.0643 e. The molecule has 0 heterocycles. The summed E-state index contributed by atoms with van der Waals surface area (Å²) in [6.45, 7) is 0. The number of carbonyl (C=O) groups excluding carboxylic acids is 2. The molecule has 0 amide bonds. The van der Waals surface area contributed by atoms with E-state index in [0.29, 0.717) is 12.2 Å². The van der Waals surface area contributed by atoms with Crippen molar-refractivity contribution in [2.75, 3.05) is 0 Å². The van der Waals surface area contributed by atoms with E-state index < -0.39 is 11.9 Å². The van der Waals surface area contributed by atoms with Crippen molar-refractivity contribution in [1.29, 1.82) is 0 Å². The Hall–Kier alpha value is -1.48. The van der Waals surface area contributed by atoms with Crippen LogP contribution in [0.5, 0.6) is 0 Å². The number of aliphatic carboxylic acids is 2. The molecule has 8 nitrogen and oxygen atoms in total. The Labute approximate surface area is 68.4 Å². The second-order valence-corrected chi connectivity index (χ2v) is 0.971. The predicted molar refractivity (Wildman–Crippen MR) is 33.3 cm³/mol. The van der Waals surface area contributed by atoms with Crippen molar-refractivity contribution >= 4 is 11.9 Å². The van der Waals surface area contributed by atoms with E-state index in [-0.39, 0.29) is 0 Å². The maximum Gasteiger partial charge on any atom is 0.0643 e. The van der Waals surface area contributed by atoms with Crippen molar-refractivity contribution in [2.45, 2.75) is 0 Å². The average Bonchev–Trinajstić information content (AvgIpc) is 2.08. The van der Waals surface area contributed by atoms with Crippen LogP contribution >= 0.6 is 0 Å². The van der Waals surface area contributed by atoms with Crippen molar-refractivity contribution in [3.63, 3.8) is 0 Å². The van der Waals surface area contributed by atoms with Crippen molar-refractivity contribution < 1.29 is 31.5 Å². The predicted octanol–water partition coefficient (Wildman–Crippen LogP) is -6.75. The van der Waals surface area contributed by atoms with Crippen LogP contribution in [0.15, 0.2) is 12.2 Å². The molecular formula is C4H12N4O4. The lowest BCUT2D eigenvalue weighted by Crippen LogP contribution is -2.59. The van der Waals surface area contributed by atoms with Crippen molar-refractivity contribution in [3.05, 3.63) is 12.2 Å². The van der Waals surface area contributed by atoms with Gasteiger partial charge in [0.25, 0.3) is 0 Å². The molecule has 8 heteroatoms. The van der Waals surface area contributed by atoms with Crippen molar-refractivity contribution in [3.8, 4) is 0 Å². The third-order valence-corrected chi connectivity index (χ3v) is 0.355. The van der Waals surface area contributed by atoms with E-state index in [1.807, 2.05) is 0 Å². The van der Waals surface area contributed by atoms with Gasteiger partial charge in [0.05, 0.1) is 11.9 Å². The lowest BCUT2D eigenvalue weighted by Gasteiger charge is -1.90. The molecule has 0 aromatic carbocycles. The number of rotatable bonds is 2. The highest BCUT2D eigenvalue weighted by molar-refractivity contribution is 5.87. The van der Waals surface area contributed by atoms with E-state index in [9.17, 15) is 19.8 Å². The maximum absolute atomic E-state index is 9.41. The Bertz CT molecular complexity index is 130. The van der Waals surface area contributed by atoms with E-state index in [0.717, 1.165) is 0 Å². The highest BCUT2D eigenvalue weighted by Crippen LogP contribution is 1.64. The van der Waals surface area contributed by atoms with Crippen molar-refractivity contribution in [1.82, 2.24) is 0 Å². The van der Waals surface area contributed by atoms with Gasteiger partial charge in [0.1, 0.15) is 0 Å². The molecule has 0 radical (unpaired) electrons.